The van der Waals surface area contributed by atoms with Gasteiger partial charge in [0.25, 0.3) is 5.91 Å². The van der Waals surface area contributed by atoms with Crippen molar-refractivity contribution in [1.29, 1.82) is 0 Å². The fourth-order valence-corrected chi connectivity index (χ4v) is 3.74. The lowest BCUT2D eigenvalue weighted by molar-refractivity contribution is -0.140. The van der Waals surface area contributed by atoms with Crippen molar-refractivity contribution in [2.24, 2.45) is 0 Å². The maximum absolute atomic E-state index is 12.8. The summed E-state index contributed by atoms with van der Waals surface area (Å²) in [6, 6.07) is 6.37. The van der Waals surface area contributed by atoms with Crippen LogP contribution in [0.1, 0.15) is 44.2 Å². The number of likely N-dealkylation sites (N-methyl/N-ethyl adjacent to an activating group) is 1. The summed E-state index contributed by atoms with van der Waals surface area (Å²) in [6.07, 6.45) is 5.20. The standard InChI is InChI=1S/C20H30N2O2/c1-3-19(20(23)22-13-11-21(4-2)12-14-22)24-18-10-9-16-7-5-6-8-17(16)15-18/h9-10,15,19H,3-8,11-14H2,1-2H3/t19-/m1/s1. The molecule has 0 bridgehead atoms. The molecule has 1 amide bonds. The Balaban J connectivity index is 1.63. The molecule has 24 heavy (non-hydrogen) atoms. The van der Waals surface area contributed by atoms with Crippen LogP contribution in [0.5, 0.6) is 5.75 Å². The van der Waals surface area contributed by atoms with E-state index in [2.05, 4.69) is 24.0 Å². The second-order valence-electron chi connectivity index (χ2n) is 6.91. The van der Waals surface area contributed by atoms with Gasteiger partial charge in [-0.15, -0.1) is 0 Å². The Morgan fingerprint density at radius 1 is 1.08 bits per heavy atom. The summed E-state index contributed by atoms with van der Waals surface area (Å²) in [5, 5.41) is 0. The van der Waals surface area contributed by atoms with Crippen LogP contribution in [0.4, 0.5) is 0 Å². The Bertz CT molecular complexity index is 565. The number of rotatable bonds is 5. The number of ether oxygens (including phenoxy) is 1. The summed E-state index contributed by atoms with van der Waals surface area (Å²) in [5.74, 6) is 0.994. The summed E-state index contributed by atoms with van der Waals surface area (Å²) in [5.41, 5.74) is 2.85. The SMILES string of the molecule is CC[C@@H](Oc1ccc2c(c1)CCCC2)C(=O)N1CCN(CC)CC1. The number of aryl methyl sites for hydroxylation is 2. The zero-order valence-corrected chi connectivity index (χ0v) is 15.1. The highest BCUT2D eigenvalue weighted by Gasteiger charge is 2.27. The molecule has 0 spiro atoms. The third-order valence-corrected chi connectivity index (χ3v) is 5.38. The van der Waals surface area contributed by atoms with E-state index in [1.807, 2.05) is 17.9 Å². The van der Waals surface area contributed by atoms with E-state index in [0.29, 0.717) is 6.42 Å². The average Bonchev–Trinajstić information content (AvgIpc) is 2.65. The molecule has 0 saturated carbocycles. The van der Waals surface area contributed by atoms with Gasteiger partial charge in [-0.05, 0) is 61.9 Å². The van der Waals surface area contributed by atoms with Crippen molar-refractivity contribution in [3.05, 3.63) is 29.3 Å². The fourth-order valence-electron chi connectivity index (χ4n) is 3.74. The summed E-state index contributed by atoms with van der Waals surface area (Å²) < 4.78 is 6.09. The molecule has 1 heterocycles. The lowest BCUT2D eigenvalue weighted by atomic mass is 9.92. The molecule has 1 aliphatic carbocycles. The highest BCUT2D eigenvalue weighted by atomic mass is 16.5. The number of nitrogens with zero attached hydrogens (tertiary/aromatic N) is 2. The minimum absolute atomic E-state index is 0.144. The van der Waals surface area contributed by atoms with E-state index < -0.39 is 0 Å². The molecular formula is C20H30N2O2. The highest BCUT2D eigenvalue weighted by molar-refractivity contribution is 5.81. The van der Waals surface area contributed by atoms with Crippen molar-refractivity contribution in [2.75, 3.05) is 32.7 Å². The monoisotopic (exact) mass is 330 g/mol. The largest absolute Gasteiger partial charge is 0.481 e. The van der Waals surface area contributed by atoms with Crippen LogP contribution < -0.4 is 4.74 Å². The molecular weight excluding hydrogens is 300 g/mol. The van der Waals surface area contributed by atoms with E-state index in [0.717, 1.165) is 44.9 Å². The quantitative estimate of drug-likeness (QED) is 0.832. The molecule has 0 aromatic heterocycles. The molecule has 0 N–H and O–H groups in total. The molecule has 132 valence electrons. The molecule has 1 aromatic rings. The van der Waals surface area contributed by atoms with Gasteiger partial charge in [0.05, 0.1) is 0 Å². The predicted molar refractivity (Wildman–Crippen MR) is 96.5 cm³/mol. The van der Waals surface area contributed by atoms with Crippen molar-refractivity contribution in [3.63, 3.8) is 0 Å². The molecule has 0 unspecified atom stereocenters. The maximum Gasteiger partial charge on any atom is 0.263 e. The molecule has 4 heteroatoms. The molecule has 1 aromatic carbocycles. The number of hydrogen-bond donors (Lipinski definition) is 0. The van der Waals surface area contributed by atoms with E-state index in [1.54, 1.807) is 0 Å². The lowest BCUT2D eigenvalue weighted by Gasteiger charge is -2.35. The predicted octanol–water partition coefficient (Wildman–Crippen LogP) is 2.89. The Morgan fingerprint density at radius 3 is 2.46 bits per heavy atom. The summed E-state index contributed by atoms with van der Waals surface area (Å²) in [7, 11) is 0. The van der Waals surface area contributed by atoms with E-state index in [-0.39, 0.29) is 12.0 Å². The van der Waals surface area contributed by atoms with Crippen LogP contribution in [0, 0.1) is 0 Å². The number of carbonyl (C=O) groups excluding carboxylic acids is 1. The van der Waals surface area contributed by atoms with Crippen molar-refractivity contribution in [1.82, 2.24) is 9.80 Å². The van der Waals surface area contributed by atoms with Crippen LogP contribution in [0.2, 0.25) is 0 Å². The molecule has 1 atom stereocenters. The smallest absolute Gasteiger partial charge is 0.263 e. The first-order chi connectivity index (χ1) is 11.7. The fraction of sp³-hybridized carbons (Fsp3) is 0.650. The Morgan fingerprint density at radius 2 is 1.79 bits per heavy atom. The minimum atomic E-state index is -0.361. The van der Waals surface area contributed by atoms with Gasteiger partial charge >= 0.3 is 0 Å². The number of hydrogen-bond acceptors (Lipinski definition) is 3. The van der Waals surface area contributed by atoms with Crippen LogP contribution in [-0.2, 0) is 17.6 Å². The third kappa shape index (κ3) is 3.92. The van der Waals surface area contributed by atoms with Crippen molar-refractivity contribution < 1.29 is 9.53 Å². The van der Waals surface area contributed by atoms with Gasteiger partial charge in [-0.3, -0.25) is 4.79 Å². The van der Waals surface area contributed by atoms with Gasteiger partial charge in [0.2, 0.25) is 0 Å². The zero-order valence-electron chi connectivity index (χ0n) is 15.1. The molecule has 1 saturated heterocycles. The summed E-state index contributed by atoms with van der Waals surface area (Å²) in [4.78, 5) is 17.2. The van der Waals surface area contributed by atoms with E-state index in [9.17, 15) is 4.79 Å². The highest BCUT2D eigenvalue weighted by Crippen LogP contribution is 2.26. The van der Waals surface area contributed by atoms with Gasteiger partial charge in [-0.2, -0.15) is 0 Å². The Kier molecular flexibility index (Phi) is 5.77. The van der Waals surface area contributed by atoms with Crippen LogP contribution in [0.15, 0.2) is 18.2 Å². The summed E-state index contributed by atoms with van der Waals surface area (Å²) >= 11 is 0. The topological polar surface area (TPSA) is 32.8 Å². The normalized spacial score (nSPS) is 19.7. The van der Waals surface area contributed by atoms with Crippen molar-refractivity contribution >= 4 is 5.91 Å². The van der Waals surface area contributed by atoms with E-state index in [1.165, 1.54) is 30.4 Å². The molecule has 3 rings (SSSR count). The van der Waals surface area contributed by atoms with Gasteiger partial charge in [-0.1, -0.05) is 19.9 Å². The van der Waals surface area contributed by atoms with Crippen molar-refractivity contribution in [2.45, 2.75) is 52.1 Å². The molecule has 4 nitrogen and oxygen atoms in total. The van der Waals surface area contributed by atoms with Gasteiger partial charge in [0, 0.05) is 26.2 Å². The summed E-state index contributed by atoms with van der Waals surface area (Å²) in [6.45, 7) is 8.84. The number of piperazine rings is 1. The average molecular weight is 330 g/mol. The second-order valence-corrected chi connectivity index (χ2v) is 6.91. The van der Waals surface area contributed by atoms with Crippen LogP contribution >= 0.6 is 0 Å². The Labute approximate surface area is 145 Å². The number of benzene rings is 1. The van der Waals surface area contributed by atoms with Gasteiger partial charge in [0.15, 0.2) is 6.10 Å². The van der Waals surface area contributed by atoms with Crippen LogP contribution in [0.25, 0.3) is 0 Å². The van der Waals surface area contributed by atoms with Crippen molar-refractivity contribution in [3.8, 4) is 5.75 Å². The zero-order chi connectivity index (χ0) is 16.9. The third-order valence-electron chi connectivity index (χ3n) is 5.38. The van der Waals surface area contributed by atoms with Crippen LogP contribution in [0.3, 0.4) is 0 Å². The maximum atomic E-state index is 12.8. The number of carbonyl (C=O) groups is 1. The number of amides is 1. The first-order valence-electron chi connectivity index (χ1n) is 9.50. The molecule has 1 fully saturated rings. The first kappa shape index (κ1) is 17.3. The van der Waals surface area contributed by atoms with Gasteiger partial charge in [-0.25, -0.2) is 0 Å². The lowest BCUT2D eigenvalue weighted by Crippen LogP contribution is -2.52. The van der Waals surface area contributed by atoms with E-state index in [4.69, 9.17) is 4.74 Å². The van der Waals surface area contributed by atoms with Gasteiger partial charge < -0.3 is 14.5 Å². The number of fused-ring (bicyclic) bond motifs is 1. The Hall–Kier alpha value is -1.55. The molecule has 1 aliphatic heterocycles. The second kappa shape index (κ2) is 8.02. The first-order valence-corrected chi connectivity index (χ1v) is 9.50. The minimum Gasteiger partial charge on any atom is -0.481 e. The molecule has 0 radical (unpaired) electrons. The van der Waals surface area contributed by atoms with Gasteiger partial charge in [0.1, 0.15) is 5.75 Å². The molecule has 2 aliphatic rings. The van der Waals surface area contributed by atoms with E-state index >= 15 is 0 Å². The van der Waals surface area contributed by atoms with Crippen LogP contribution in [-0.4, -0.2) is 54.5 Å².